The Morgan fingerprint density at radius 3 is 2.14 bits per heavy atom. The molecule has 4 nitrogen and oxygen atoms in total. The molecule has 2 aromatic carbocycles. The largest absolute Gasteiger partial charge is 0.377 e. The van der Waals surface area contributed by atoms with Gasteiger partial charge in [-0.25, -0.2) is 8.42 Å². The van der Waals surface area contributed by atoms with E-state index in [2.05, 4.69) is 20.8 Å². The third-order valence-electron chi connectivity index (χ3n) is 4.77. The van der Waals surface area contributed by atoms with Crippen LogP contribution in [0.2, 0.25) is 0 Å². The zero-order chi connectivity index (χ0) is 20.8. The minimum atomic E-state index is -3.29. The number of rotatable bonds is 10. The van der Waals surface area contributed by atoms with Crippen molar-refractivity contribution < 1.29 is 13.2 Å². The van der Waals surface area contributed by atoms with Gasteiger partial charge in [0.1, 0.15) is 0 Å². The summed E-state index contributed by atoms with van der Waals surface area (Å²) < 4.78 is 31.6. The van der Waals surface area contributed by atoms with Crippen molar-refractivity contribution in [2.45, 2.75) is 63.4 Å². The molecule has 0 N–H and O–H groups in total. The van der Waals surface area contributed by atoms with Gasteiger partial charge in [-0.15, -0.1) is 0 Å². The first-order valence-corrected chi connectivity index (χ1v) is 11.8. The molecule has 5 heteroatoms. The van der Waals surface area contributed by atoms with Gasteiger partial charge in [0.05, 0.1) is 16.2 Å². The number of fused-ring (bicyclic) bond motifs is 1. The molecule has 0 aliphatic carbocycles. The molecule has 0 heterocycles. The van der Waals surface area contributed by atoms with E-state index in [0.29, 0.717) is 11.3 Å². The van der Waals surface area contributed by atoms with E-state index in [0.717, 1.165) is 48.8 Å². The molecular weight excluding hydrogens is 370 g/mol. The lowest BCUT2D eigenvalue weighted by atomic mass is 10.1. The summed E-state index contributed by atoms with van der Waals surface area (Å²) in [6.07, 6.45) is 4.79. The third-order valence-corrected chi connectivity index (χ3v) is 6.62. The van der Waals surface area contributed by atoms with Crippen molar-refractivity contribution in [1.82, 2.24) is 0 Å². The molecule has 156 valence electrons. The van der Waals surface area contributed by atoms with E-state index in [4.69, 9.17) is 4.74 Å². The molecule has 0 spiro atoms. The SMILES string of the molecule is CN(C)c1cccc2c(S(=O)(=O)CCCCCCCOC(C)(C)C)cccc12. The van der Waals surface area contributed by atoms with Crippen LogP contribution in [-0.2, 0) is 14.6 Å². The van der Waals surface area contributed by atoms with E-state index in [1.807, 2.05) is 49.3 Å². The van der Waals surface area contributed by atoms with Gasteiger partial charge in [-0.1, -0.05) is 43.5 Å². The van der Waals surface area contributed by atoms with Crippen LogP contribution in [0.1, 0.15) is 52.9 Å². The number of hydrogen-bond acceptors (Lipinski definition) is 4. The fourth-order valence-corrected chi connectivity index (χ4v) is 4.94. The summed E-state index contributed by atoms with van der Waals surface area (Å²) in [5.74, 6) is 0.205. The van der Waals surface area contributed by atoms with Gasteiger partial charge < -0.3 is 9.64 Å². The van der Waals surface area contributed by atoms with E-state index in [9.17, 15) is 8.42 Å². The van der Waals surface area contributed by atoms with Crippen molar-refractivity contribution in [2.75, 3.05) is 31.4 Å². The van der Waals surface area contributed by atoms with Crippen LogP contribution in [0.5, 0.6) is 0 Å². The van der Waals surface area contributed by atoms with Crippen LogP contribution in [0.4, 0.5) is 5.69 Å². The first-order chi connectivity index (χ1) is 13.1. The third kappa shape index (κ3) is 6.49. The normalized spacial score (nSPS) is 12.5. The Hall–Kier alpha value is -1.59. The average molecular weight is 406 g/mol. The molecule has 0 fully saturated rings. The standard InChI is InChI=1S/C23H35NO3S/c1-23(2,3)27-17-9-7-6-8-10-18-28(25,26)22-16-12-13-19-20(22)14-11-15-21(19)24(4)5/h11-16H,6-10,17-18H2,1-5H3. The van der Waals surface area contributed by atoms with E-state index in [1.165, 1.54) is 0 Å². The minimum absolute atomic E-state index is 0.0843. The van der Waals surface area contributed by atoms with Gasteiger partial charge in [0.25, 0.3) is 0 Å². The quantitative estimate of drug-likeness (QED) is 0.494. The summed E-state index contributed by atoms with van der Waals surface area (Å²) >= 11 is 0. The first kappa shape index (κ1) is 22.7. The Bertz CT molecular complexity index is 867. The highest BCUT2D eigenvalue weighted by atomic mass is 32.2. The second-order valence-corrected chi connectivity index (χ2v) is 10.6. The van der Waals surface area contributed by atoms with Crippen LogP contribution >= 0.6 is 0 Å². The Balaban J connectivity index is 1.92. The fraction of sp³-hybridized carbons (Fsp3) is 0.565. The average Bonchev–Trinajstić information content (AvgIpc) is 2.61. The molecule has 0 amide bonds. The topological polar surface area (TPSA) is 46.6 Å². The van der Waals surface area contributed by atoms with Crippen LogP contribution in [0.25, 0.3) is 10.8 Å². The molecule has 0 radical (unpaired) electrons. The summed E-state index contributed by atoms with van der Waals surface area (Å²) in [4.78, 5) is 2.47. The highest BCUT2D eigenvalue weighted by molar-refractivity contribution is 7.91. The van der Waals surface area contributed by atoms with Crippen molar-refractivity contribution in [1.29, 1.82) is 0 Å². The lowest BCUT2D eigenvalue weighted by molar-refractivity contribution is -0.00474. The lowest BCUT2D eigenvalue weighted by Gasteiger charge is -2.19. The number of nitrogens with zero attached hydrogens (tertiary/aromatic N) is 1. The monoisotopic (exact) mass is 405 g/mol. The number of anilines is 1. The van der Waals surface area contributed by atoms with E-state index < -0.39 is 9.84 Å². The van der Waals surface area contributed by atoms with E-state index >= 15 is 0 Å². The maximum Gasteiger partial charge on any atom is 0.178 e. The predicted molar refractivity (Wildman–Crippen MR) is 119 cm³/mol. The van der Waals surface area contributed by atoms with Gasteiger partial charge >= 0.3 is 0 Å². The molecule has 0 bridgehead atoms. The zero-order valence-electron chi connectivity index (χ0n) is 18.0. The Morgan fingerprint density at radius 2 is 1.46 bits per heavy atom. The van der Waals surface area contributed by atoms with Crippen LogP contribution in [0, 0.1) is 0 Å². The Labute approximate surface area is 170 Å². The molecule has 2 aromatic rings. The molecule has 0 aromatic heterocycles. The van der Waals surface area contributed by atoms with Crippen molar-refractivity contribution in [2.24, 2.45) is 0 Å². The molecule has 28 heavy (non-hydrogen) atoms. The number of unbranched alkanes of at least 4 members (excludes halogenated alkanes) is 4. The van der Waals surface area contributed by atoms with Gasteiger partial charge in [-0.2, -0.15) is 0 Å². The molecule has 0 saturated heterocycles. The molecule has 0 atom stereocenters. The van der Waals surface area contributed by atoms with Gasteiger partial charge in [0.2, 0.25) is 0 Å². The summed E-state index contributed by atoms with van der Waals surface area (Å²) in [6, 6.07) is 11.4. The predicted octanol–water partition coefficient (Wildman–Crippen LogP) is 5.45. The van der Waals surface area contributed by atoms with Crippen molar-refractivity contribution in [3.8, 4) is 0 Å². The molecule has 0 unspecified atom stereocenters. The van der Waals surface area contributed by atoms with Gasteiger partial charge in [0.15, 0.2) is 9.84 Å². The molecule has 0 aliphatic heterocycles. The first-order valence-electron chi connectivity index (χ1n) is 10.2. The summed E-state index contributed by atoms with van der Waals surface area (Å²) in [5.41, 5.74) is 0.950. The summed E-state index contributed by atoms with van der Waals surface area (Å²) in [6.45, 7) is 6.96. The zero-order valence-corrected chi connectivity index (χ0v) is 18.8. The maximum atomic E-state index is 12.9. The minimum Gasteiger partial charge on any atom is -0.377 e. The van der Waals surface area contributed by atoms with Crippen molar-refractivity contribution >= 4 is 26.3 Å². The lowest BCUT2D eigenvalue weighted by Crippen LogP contribution is -2.19. The Morgan fingerprint density at radius 1 is 0.857 bits per heavy atom. The van der Waals surface area contributed by atoms with Crippen LogP contribution in [-0.4, -0.2) is 40.5 Å². The van der Waals surface area contributed by atoms with Crippen molar-refractivity contribution in [3.63, 3.8) is 0 Å². The number of sulfone groups is 1. The van der Waals surface area contributed by atoms with Crippen LogP contribution in [0.3, 0.4) is 0 Å². The molecular formula is C23H35NO3S. The van der Waals surface area contributed by atoms with E-state index in [-0.39, 0.29) is 11.4 Å². The Kier molecular flexibility index (Phi) is 7.90. The number of benzene rings is 2. The van der Waals surface area contributed by atoms with Crippen molar-refractivity contribution in [3.05, 3.63) is 36.4 Å². The van der Waals surface area contributed by atoms with Crippen LogP contribution in [0.15, 0.2) is 41.3 Å². The summed E-state index contributed by atoms with van der Waals surface area (Å²) in [5, 5.41) is 1.79. The smallest absolute Gasteiger partial charge is 0.178 e. The highest BCUT2D eigenvalue weighted by Crippen LogP contribution is 2.31. The number of hydrogen-bond donors (Lipinski definition) is 0. The number of ether oxygens (including phenoxy) is 1. The second kappa shape index (κ2) is 9.75. The maximum absolute atomic E-state index is 12.9. The highest BCUT2D eigenvalue weighted by Gasteiger charge is 2.18. The van der Waals surface area contributed by atoms with Gasteiger partial charge in [0, 0.05) is 37.2 Å². The van der Waals surface area contributed by atoms with E-state index in [1.54, 1.807) is 6.07 Å². The molecule has 0 aliphatic rings. The molecule has 2 rings (SSSR count). The summed E-state index contributed by atoms with van der Waals surface area (Å²) in [7, 11) is 0.660. The van der Waals surface area contributed by atoms with Gasteiger partial charge in [-0.3, -0.25) is 0 Å². The van der Waals surface area contributed by atoms with Crippen LogP contribution < -0.4 is 4.90 Å². The van der Waals surface area contributed by atoms with Gasteiger partial charge in [-0.05, 0) is 45.7 Å². The fourth-order valence-electron chi connectivity index (χ4n) is 3.34. The molecule has 0 saturated carbocycles. The second-order valence-electron chi connectivity index (χ2n) is 8.57.